The summed E-state index contributed by atoms with van der Waals surface area (Å²) in [7, 11) is -2.72. The number of rotatable bonds is 6. The highest BCUT2D eigenvalue weighted by molar-refractivity contribution is 7.87. The molecule has 0 aromatic heterocycles. The first kappa shape index (κ1) is 22.4. The van der Waals surface area contributed by atoms with E-state index in [1.165, 1.54) is 25.3 Å². The highest BCUT2D eigenvalue weighted by atomic mass is 35.5. The topological polar surface area (TPSA) is 76.4 Å². The van der Waals surface area contributed by atoms with Crippen molar-refractivity contribution in [3.8, 4) is 17.6 Å². The van der Waals surface area contributed by atoms with Gasteiger partial charge >= 0.3 is 10.1 Å². The predicted octanol–water partition coefficient (Wildman–Crippen LogP) is 5.80. The first-order chi connectivity index (χ1) is 14.7. The Kier molecular flexibility index (Phi) is 6.69. The molecule has 0 saturated heterocycles. The molecule has 3 aromatic carbocycles. The summed E-state index contributed by atoms with van der Waals surface area (Å²) in [6, 6.07) is 19.1. The van der Waals surface area contributed by atoms with E-state index in [1.54, 1.807) is 24.3 Å². The third-order valence-electron chi connectivity index (χ3n) is 4.55. The number of nitrogens with zero attached hydrogens (tertiary/aromatic N) is 1. The summed E-state index contributed by atoms with van der Waals surface area (Å²) in [4.78, 5) is 0.00586. The highest BCUT2D eigenvalue weighted by Crippen LogP contribution is 2.39. The molecule has 0 atom stereocenters. The van der Waals surface area contributed by atoms with E-state index in [2.05, 4.69) is 6.07 Å². The van der Waals surface area contributed by atoms with Gasteiger partial charge in [0.1, 0.15) is 4.90 Å². The van der Waals surface area contributed by atoms with Gasteiger partial charge in [0.2, 0.25) is 5.75 Å². The van der Waals surface area contributed by atoms with Gasteiger partial charge in [0.25, 0.3) is 0 Å². The maximum Gasteiger partial charge on any atom is 0.339 e. The number of hydrogen-bond donors (Lipinski definition) is 0. The fourth-order valence-electron chi connectivity index (χ4n) is 2.85. The molecule has 31 heavy (non-hydrogen) atoms. The lowest BCUT2D eigenvalue weighted by molar-refractivity contribution is 0.390. The molecule has 0 saturated carbocycles. The lowest BCUT2D eigenvalue weighted by Gasteiger charge is -2.13. The molecule has 0 fully saturated rings. The number of hydrogen-bond acceptors (Lipinski definition) is 5. The number of nitriles is 1. The minimum absolute atomic E-state index is 0.00586. The smallest absolute Gasteiger partial charge is 0.339 e. The summed E-state index contributed by atoms with van der Waals surface area (Å²) in [6.45, 7) is 3.82. The summed E-state index contributed by atoms with van der Waals surface area (Å²) in [5.41, 5.74) is 3.76. The van der Waals surface area contributed by atoms with E-state index in [-0.39, 0.29) is 21.4 Å². The van der Waals surface area contributed by atoms with Crippen LogP contribution < -0.4 is 8.92 Å². The molecule has 158 valence electrons. The van der Waals surface area contributed by atoms with Gasteiger partial charge in [0.05, 0.1) is 23.8 Å². The fourth-order valence-corrected chi connectivity index (χ4v) is 4.11. The number of methoxy groups -OCH3 is 1. The molecule has 0 aliphatic rings. The number of benzene rings is 3. The van der Waals surface area contributed by atoms with E-state index >= 15 is 0 Å². The Hall–Kier alpha value is -3.27. The second kappa shape index (κ2) is 9.25. The minimum atomic E-state index is -4.11. The van der Waals surface area contributed by atoms with Gasteiger partial charge in [-0.05, 0) is 55.3 Å². The molecule has 0 N–H and O–H groups in total. The third-order valence-corrected chi connectivity index (χ3v) is 6.06. The van der Waals surface area contributed by atoms with Crippen molar-refractivity contribution < 1.29 is 17.3 Å². The van der Waals surface area contributed by atoms with Gasteiger partial charge in [0.15, 0.2) is 5.75 Å². The largest absolute Gasteiger partial charge is 0.493 e. The molecule has 0 heterocycles. The van der Waals surface area contributed by atoms with Crippen LogP contribution >= 0.6 is 11.6 Å². The van der Waals surface area contributed by atoms with Gasteiger partial charge in [-0.3, -0.25) is 0 Å². The molecule has 0 bridgehead atoms. The van der Waals surface area contributed by atoms with Crippen LogP contribution in [0.3, 0.4) is 0 Å². The molecule has 0 aliphatic heterocycles. The Morgan fingerprint density at radius 1 is 1.00 bits per heavy atom. The van der Waals surface area contributed by atoms with Crippen molar-refractivity contribution in [1.82, 2.24) is 0 Å². The summed E-state index contributed by atoms with van der Waals surface area (Å²) >= 11 is 6.34. The van der Waals surface area contributed by atoms with Gasteiger partial charge in [-0.1, -0.05) is 59.1 Å². The molecule has 3 aromatic rings. The highest BCUT2D eigenvalue weighted by Gasteiger charge is 2.22. The van der Waals surface area contributed by atoms with Crippen molar-refractivity contribution >= 4 is 33.4 Å². The van der Waals surface area contributed by atoms with Crippen molar-refractivity contribution in [1.29, 1.82) is 5.26 Å². The molecule has 0 radical (unpaired) electrons. The molecule has 3 rings (SSSR count). The van der Waals surface area contributed by atoms with Crippen molar-refractivity contribution in [3.05, 3.63) is 87.9 Å². The van der Waals surface area contributed by atoms with Crippen molar-refractivity contribution in [2.24, 2.45) is 0 Å². The van der Waals surface area contributed by atoms with E-state index in [9.17, 15) is 13.7 Å². The Labute approximate surface area is 187 Å². The van der Waals surface area contributed by atoms with E-state index < -0.39 is 10.1 Å². The molecule has 5 nitrogen and oxygen atoms in total. The van der Waals surface area contributed by atoms with E-state index in [0.29, 0.717) is 11.1 Å². The van der Waals surface area contributed by atoms with E-state index in [0.717, 1.165) is 16.7 Å². The van der Waals surface area contributed by atoms with Crippen LogP contribution in [-0.4, -0.2) is 15.5 Å². The van der Waals surface area contributed by atoms with Crippen LogP contribution in [0.15, 0.2) is 65.6 Å². The Bertz CT molecular complexity index is 1270. The maximum atomic E-state index is 12.7. The Morgan fingerprint density at radius 3 is 2.13 bits per heavy atom. The van der Waals surface area contributed by atoms with E-state index in [4.69, 9.17) is 20.5 Å². The standard InChI is InChI=1S/C24H20ClNO4S/c1-16-4-8-19(9-5-16)20(15-26)12-18-13-22(25)24(23(14-18)29-3)30-31(27,28)21-10-6-17(2)7-11-21/h4-14H,1-3H3/b20-12+. The van der Waals surface area contributed by atoms with Crippen LogP contribution in [0.2, 0.25) is 5.02 Å². The SMILES string of the molecule is COc1cc(/C=C(\C#N)c2ccc(C)cc2)cc(Cl)c1OS(=O)(=O)c1ccc(C)cc1. The molecule has 0 spiro atoms. The average molecular weight is 454 g/mol. The van der Waals surface area contributed by atoms with Crippen LogP contribution in [0.5, 0.6) is 11.5 Å². The van der Waals surface area contributed by atoms with Gasteiger partial charge in [-0.15, -0.1) is 0 Å². The normalized spacial score (nSPS) is 11.6. The zero-order chi connectivity index (χ0) is 22.6. The van der Waals surface area contributed by atoms with Crippen LogP contribution in [0, 0.1) is 25.2 Å². The van der Waals surface area contributed by atoms with Crippen molar-refractivity contribution in [3.63, 3.8) is 0 Å². The quantitative estimate of drug-likeness (QED) is 0.268. The van der Waals surface area contributed by atoms with Crippen molar-refractivity contribution in [2.45, 2.75) is 18.7 Å². The molecule has 7 heteroatoms. The molecule has 0 amide bonds. The summed E-state index contributed by atoms with van der Waals surface area (Å²) in [5.74, 6) is 0.0198. The van der Waals surface area contributed by atoms with Crippen LogP contribution in [-0.2, 0) is 10.1 Å². The number of allylic oxidation sites excluding steroid dienone is 1. The first-order valence-electron chi connectivity index (χ1n) is 9.31. The second-order valence-corrected chi connectivity index (χ2v) is 8.87. The summed E-state index contributed by atoms with van der Waals surface area (Å²) < 4.78 is 35.9. The fraction of sp³-hybridized carbons (Fsp3) is 0.125. The molecule has 0 unspecified atom stereocenters. The number of halogens is 1. The Morgan fingerprint density at radius 2 is 1.58 bits per heavy atom. The van der Waals surface area contributed by atoms with Gasteiger partial charge in [-0.25, -0.2) is 0 Å². The minimum Gasteiger partial charge on any atom is -0.493 e. The van der Waals surface area contributed by atoms with Gasteiger partial charge < -0.3 is 8.92 Å². The van der Waals surface area contributed by atoms with Crippen molar-refractivity contribution in [2.75, 3.05) is 7.11 Å². The zero-order valence-corrected chi connectivity index (χ0v) is 18.8. The number of aryl methyl sites for hydroxylation is 2. The monoisotopic (exact) mass is 453 g/mol. The maximum absolute atomic E-state index is 12.7. The van der Waals surface area contributed by atoms with Crippen LogP contribution in [0.25, 0.3) is 11.6 Å². The van der Waals surface area contributed by atoms with Crippen LogP contribution in [0.4, 0.5) is 0 Å². The summed E-state index contributed by atoms with van der Waals surface area (Å²) in [5, 5.41) is 9.62. The van der Waals surface area contributed by atoms with E-state index in [1.807, 2.05) is 38.1 Å². The summed E-state index contributed by atoms with van der Waals surface area (Å²) in [6.07, 6.45) is 1.65. The molecular formula is C24H20ClNO4S. The lowest BCUT2D eigenvalue weighted by atomic mass is 10.0. The predicted molar refractivity (Wildman–Crippen MR) is 122 cm³/mol. The first-order valence-corrected chi connectivity index (χ1v) is 11.1. The third kappa shape index (κ3) is 5.26. The second-order valence-electron chi connectivity index (χ2n) is 6.92. The number of ether oxygens (including phenoxy) is 1. The zero-order valence-electron chi connectivity index (χ0n) is 17.2. The van der Waals surface area contributed by atoms with Gasteiger partial charge in [0, 0.05) is 0 Å². The Balaban J connectivity index is 1.99. The molecule has 0 aliphatic carbocycles. The van der Waals surface area contributed by atoms with Gasteiger partial charge in [-0.2, -0.15) is 13.7 Å². The molecular weight excluding hydrogens is 434 g/mol. The lowest BCUT2D eigenvalue weighted by Crippen LogP contribution is -2.11. The average Bonchev–Trinajstić information content (AvgIpc) is 2.74. The van der Waals surface area contributed by atoms with Crippen LogP contribution in [0.1, 0.15) is 22.3 Å².